The van der Waals surface area contributed by atoms with Crippen LogP contribution in [0.15, 0.2) is 30.9 Å². The van der Waals surface area contributed by atoms with Gasteiger partial charge in [-0.2, -0.15) is 5.10 Å². The summed E-state index contributed by atoms with van der Waals surface area (Å²) in [5.74, 6) is 1.81. The number of rotatable bonds is 2. The molecule has 0 aliphatic carbocycles. The van der Waals surface area contributed by atoms with E-state index in [0.717, 1.165) is 18.9 Å². The number of aromatic nitrogens is 4. The quantitative estimate of drug-likeness (QED) is 0.781. The van der Waals surface area contributed by atoms with Crippen LogP contribution in [0.25, 0.3) is 5.82 Å². The van der Waals surface area contributed by atoms with E-state index in [1.807, 2.05) is 12.3 Å². The van der Waals surface area contributed by atoms with Crippen LogP contribution in [0.5, 0.6) is 0 Å². The van der Waals surface area contributed by atoms with Crippen LogP contribution in [0.1, 0.15) is 12.8 Å². The van der Waals surface area contributed by atoms with Crippen LogP contribution >= 0.6 is 0 Å². The van der Waals surface area contributed by atoms with Crippen molar-refractivity contribution in [3.8, 4) is 5.82 Å². The van der Waals surface area contributed by atoms with E-state index in [9.17, 15) is 4.79 Å². The van der Waals surface area contributed by atoms with Crippen molar-refractivity contribution in [2.24, 2.45) is 0 Å². The summed E-state index contributed by atoms with van der Waals surface area (Å²) >= 11 is 0. The van der Waals surface area contributed by atoms with Crippen LogP contribution in [0, 0.1) is 0 Å². The molecule has 0 radical (unpaired) electrons. The van der Waals surface area contributed by atoms with Crippen LogP contribution in [-0.4, -0.2) is 38.6 Å². The Morgan fingerprint density at radius 3 is 2.61 bits per heavy atom. The standard InChI is InChI=1S/C12H13N5O/c18-10-2-6-16(7-3-10)11-8-13-9-12(15-11)17-5-1-4-14-17/h1,4-5,8-9H,2-3,6-7H2. The summed E-state index contributed by atoms with van der Waals surface area (Å²) in [7, 11) is 0. The summed E-state index contributed by atoms with van der Waals surface area (Å²) in [5.41, 5.74) is 0. The van der Waals surface area contributed by atoms with E-state index in [0.29, 0.717) is 24.4 Å². The highest BCUT2D eigenvalue weighted by molar-refractivity contribution is 5.80. The number of piperidine rings is 1. The molecule has 18 heavy (non-hydrogen) atoms. The second-order valence-corrected chi connectivity index (χ2v) is 4.21. The lowest BCUT2D eigenvalue weighted by molar-refractivity contribution is -0.119. The fourth-order valence-corrected chi connectivity index (χ4v) is 2.00. The van der Waals surface area contributed by atoms with E-state index in [1.54, 1.807) is 23.3 Å². The van der Waals surface area contributed by atoms with E-state index in [1.165, 1.54) is 0 Å². The van der Waals surface area contributed by atoms with Gasteiger partial charge in [-0.25, -0.2) is 9.67 Å². The Bertz CT molecular complexity index is 541. The predicted octanol–water partition coefficient (Wildman–Crippen LogP) is 0.832. The maximum Gasteiger partial charge on any atom is 0.173 e. The number of carbonyl (C=O) groups excluding carboxylic acids is 1. The number of anilines is 1. The number of ketones is 1. The Morgan fingerprint density at radius 2 is 1.89 bits per heavy atom. The van der Waals surface area contributed by atoms with Gasteiger partial charge >= 0.3 is 0 Å². The zero-order valence-corrected chi connectivity index (χ0v) is 9.86. The molecule has 3 heterocycles. The molecule has 0 aromatic carbocycles. The van der Waals surface area contributed by atoms with Crippen LogP contribution in [0.2, 0.25) is 0 Å². The monoisotopic (exact) mass is 243 g/mol. The molecule has 92 valence electrons. The first-order chi connectivity index (χ1) is 8.83. The largest absolute Gasteiger partial charge is 0.354 e. The number of hydrogen-bond acceptors (Lipinski definition) is 5. The average Bonchev–Trinajstić information content (AvgIpc) is 2.94. The third kappa shape index (κ3) is 2.09. The minimum atomic E-state index is 0.322. The predicted molar refractivity (Wildman–Crippen MR) is 65.6 cm³/mol. The Balaban J connectivity index is 1.85. The fourth-order valence-electron chi connectivity index (χ4n) is 2.00. The van der Waals surface area contributed by atoms with Gasteiger partial charge in [-0.05, 0) is 6.07 Å². The van der Waals surface area contributed by atoms with Crippen molar-refractivity contribution in [2.75, 3.05) is 18.0 Å². The van der Waals surface area contributed by atoms with Gasteiger partial charge in [-0.15, -0.1) is 0 Å². The normalized spacial score (nSPS) is 16.0. The summed E-state index contributed by atoms with van der Waals surface area (Å²) in [5, 5.41) is 4.13. The van der Waals surface area contributed by atoms with Gasteiger partial charge in [0.2, 0.25) is 0 Å². The molecule has 1 fully saturated rings. The van der Waals surface area contributed by atoms with Crippen molar-refractivity contribution in [3.05, 3.63) is 30.9 Å². The molecular formula is C12H13N5O. The molecule has 6 heteroatoms. The Hall–Kier alpha value is -2.24. The minimum Gasteiger partial charge on any atom is -0.354 e. The first-order valence-corrected chi connectivity index (χ1v) is 5.91. The zero-order chi connectivity index (χ0) is 12.4. The van der Waals surface area contributed by atoms with Crippen LogP contribution in [0.3, 0.4) is 0 Å². The third-order valence-corrected chi connectivity index (χ3v) is 2.99. The summed E-state index contributed by atoms with van der Waals surface area (Å²) in [6.45, 7) is 1.44. The van der Waals surface area contributed by atoms with Gasteiger partial charge in [-0.3, -0.25) is 9.78 Å². The highest BCUT2D eigenvalue weighted by atomic mass is 16.1. The van der Waals surface area contributed by atoms with Gasteiger partial charge < -0.3 is 4.90 Å². The molecule has 0 bridgehead atoms. The van der Waals surface area contributed by atoms with Gasteiger partial charge in [-0.1, -0.05) is 0 Å². The van der Waals surface area contributed by atoms with Crippen molar-refractivity contribution in [1.29, 1.82) is 0 Å². The topological polar surface area (TPSA) is 63.9 Å². The van der Waals surface area contributed by atoms with Crippen LogP contribution in [0.4, 0.5) is 5.82 Å². The van der Waals surface area contributed by atoms with Crippen molar-refractivity contribution in [1.82, 2.24) is 19.7 Å². The van der Waals surface area contributed by atoms with E-state index in [-0.39, 0.29) is 0 Å². The van der Waals surface area contributed by atoms with Crippen molar-refractivity contribution in [3.63, 3.8) is 0 Å². The van der Waals surface area contributed by atoms with Gasteiger partial charge in [0.25, 0.3) is 0 Å². The summed E-state index contributed by atoms with van der Waals surface area (Å²) in [4.78, 5) is 22.0. The number of Topliss-reactive ketones (excluding diaryl/α,β-unsaturated/α-hetero) is 1. The van der Waals surface area contributed by atoms with E-state index in [4.69, 9.17) is 0 Å². The number of nitrogens with zero attached hydrogens (tertiary/aromatic N) is 5. The lowest BCUT2D eigenvalue weighted by Gasteiger charge is -2.26. The Labute approximate surface area is 104 Å². The Kier molecular flexibility index (Phi) is 2.76. The van der Waals surface area contributed by atoms with Crippen molar-refractivity contribution in [2.45, 2.75) is 12.8 Å². The van der Waals surface area contributed by atoms with Gasteiger partial charge in [0.05, 0.1) is 12.4 Å². The molecule has 2 aromatic rings. The third-order valence-electron chi connectivity index (χ3n) is 2.99. The SMILES string of the molecule is O=C1CCN(c2cncc(-n3cccn3)n2)CC1. The second kappa shape index (κ2) is 4.56. The van der Waals surface area contributed by atoms with Crippen molar-refractivity contribution < 1.29 is 4.79 Å². The molecule has 1 aliphatic heterocycles. The molecule has 2 aromatic heterocycles. The first kappa shape index (κ1) is 10.9. The fraction of sp³-hybridized carbons (Fsp3) is 0.333. The van der Waals surface area contributed by atoms with Crippen LogP contribution in [-0.2, 0) is 4.79 Å². The van der Waals surface area contributed by atoms with E-state index >= 15 is 0 Å². The smallest absolute Gasteiger partial charge is 0.173 e. The molecule has 0 unspecified atom stereocenters. The summed E-state index contributed by atoms with van der Waals surface area (Å²) in [6, 6.07) is 1.84. The zero-order valence-electron chi connectivity index (χ0n) is 9.86. The molecule has 1 aliphatic rings. The molecule has 0 N–H and O–H groups in total. The molecule has 0 atom stereocenters. The van der Waals surface area contributed by atoms with Crippen molar-refractivity contribution >= 4 is 11.6 Å². The highest BCUT2D eigenvalue weighted by Gasteiger charge is 2.17. The molecule has 0 saturated carbocycles. The minimum absolute atomic E-state index is 0.322. The molecule has 0 spiro atoms. The van der Waals surface area contributed by atoms with Gasteiger partial charge in [0, 0.05) is 38.3 Å². The van der Waals surface area contributed by atoms with E-state index < -0.39 is 0 Å². The number of hydrogen-bond donors (Lipinski definition) is 0. The average molecular weight is 243 g/mol. The van der Waals surface area contributed by atoms with Crippen LogP contribution < -0.4 is 4.90 Å². The first-order valence-electron chi connectivity index (χ1n) is 5.91. The molecule has 6 nitrogen and oxygen atoms in total. The van der Waals surface area contributed by atoms with Gasteiger partial charge in [0.15, 0.2) is 5.82 Å². The highest BCUT2D eigenvalue weighted by Crippen LogP contribution is 2.16. The maximum absolute atomic E-state index is 11.2. The molecule has 0 amide bonds. The molecule has 1 saturated heterocycles. The van der Waals surface area contributed by atoms with E-state index in [2.05, 4.69) is 20.0 Å². The second-order valence-electron chi connectivity index (χ2n) is 4.21. The lowest BCUT2D eigenvalue weighted by Crippen LogP contribution is -2.34. The lowest BCUT2D eigenvalue weighted by atomic mass is 10.1. The molecule has 3 rings (SSSR count). The Morgan fingerprint density at radius 1 is 1.11 bits per heavy atom. The van der Waals surface area contributed by atoms with Gasteiger partial charge in [0.1, 0.15) is 11.6 Å². The summed E-state index contributed by atoms with van der Waals surface area (Å²) in [6.07, 6.45) is 8.11. The maximum atomic E-state index is 11.2. The summed E-state index contributed by atoms with van der Waals surface area (Å²) < 4.78 is 1.67. The number of carbonyl (C=O) groups is 1. The molecular weight excluding hydrogens is 230 g/mol.